The molecule has 1 aromatic heterocycles. The summed E-state index contributed by atoms with van der Waals surface area (Å²) in [5, 5.41) is 3.46. The van der Waals surface area contributed by atoms with Crippen molar-refractivity contribution < 1.29 is 4.74 Å². The minimum Gasteiger partial charge on any atom is -0.384 e. The number of nitrogens with zero attached hydrogens (tertiary/aromatic N) is 2. The molecule has 0 aromatic carbocycles. The quantitative estimate of drug-likeness (QED) is 0.874. The molecule has 2 rings (SSSR count). The lowest BCUT2D eigenvalue weighted by Crippen LogP contribution is -2.37. The second-order valence-corrected chi connectivity index (χ2v) is 6.36. The summed E-state index contributed by atoms with van der Waals surface area (Å²) in [6.07, 6.45) is 2.49. The van der Waals surface area contributed by atoms with Gasteiger partial charge in [-0.2, -0.15) is 0 Å². The van der Waals surface area contributed by atoms with Gasteiger partial charge in [0, 0.05) is 38.5 Å². The Morgan fingerprint density at radius 1 is 1.43 bits per heavy atom. The van der Waals surface area contributed by atoms with Crippen LogP contribution in [0.1, 0.15) is 37.9 Å². The number of aromatic nitrogens is 1. The number of anilines is 1. The molecule has 0 saturated carbocycles. The molecule has 0 radical (unpaired) electrons. The molecule has 1 atom stereocenters. The maximum atomic E-state index is 5.31. The highest BCUT2D eigenvalue weighted by atomic mass is 16.5. The monoisotopic (exact) mass is 291 g/mol. The van der Waals surface area contributed by atoms with E-state index in [1.165, 1.54) is 18.4 Å². The Labute approximate surface area is 128 Å². The van der Waals surface area contributed by atoms with E-state index in [9.17, 15) is 0 Å². The Bertz CT molecular complexity index is 446. The van der Waals surface area contributed by atoms with Crippen molar-refractivity contribution in [3.63, 3.8) is 0 Å². The van der Waals surface area contributed by atoms with Gasteiger partial charge < -0.3 is 15.0 Å². The molecule has 1 aliphatic heterocycles. The fraction of sp³-hybridized carbons (Fsp3) is 0.706. The SMILES string of the molecule is COCC1CCCN(c2ccc(CNC(C)C)c(C)n2)C1. The van der Waals surface area contributed by atoms with Gasteiger partial charge in [0.25, 0.3) is 0 Å². The van der Waals surface area contributed by atoms with Crippen molar-refractivity contribution >= 4 is 5.82 Å². The Hall–Kier alpha value is -1.13. The number of hydrogen-bond donors (Lipinski definition) is 1. The summed E-state index contributed by atoms with van der Waals surface area (Å²) >= 11 is 0. The van der Waals surface area contributed by atoms with Crippen LogP contribution in [0.3, 0.4) is 0 Å². The van der Waals surface area contributed by atoms with E-state index in [-0.39, 0.29) is 0 Å². The van der Waals surface area contributed by atoms with Crippen LogP contribution in [-0.2, 0) is 11.3 Å². The molecular weight excluding hydrogens is 262 g/mol. The van der Waals surface area contributed by atoms with Crippen LogP contribution in [0.15, 0.2) is 12.1 Å². The Kier molecular flexibility index (Phi) is 6.00. The summed E-state index contributed by atoms with van der Waals surface area (Å²) < 4.78 is 5.31. The van der Waals surface area contributed by atoms with E-state index in [1.807, 2.05) is 0 Å². The van der Waals surface area contributed by atoms with Gasteiger partial charge in [-0.05, 0) is 37.3 Å². The standard InChI is InChI=1S/C17H29N3O/c1-13(2)18-10-16-7-8-17(19-14(16)3)20-9-5-6-15(11-20)12-21-4/h7-8,13,15,18H,5-6,9-12H2,1-4H3. The molecule has 0 amide bonds. The number of pyridine rings is 1. The number of ether oxygens (including phenoxy) is 1. The fourth-order valence-electron chi connectivity index (χ4n) is 2.90. The first-order valence-electron chi connectivity index (χ1n) is 8.04. The average molecular weight is 291 g/mol. The predicted octanol–water partition coefficient (Wildman–Crippen LogP) is 2.75. The van der Waals surface area contributed by atoms with Crippen LogP contribution >= 0.6 is 0 Å². The first kappa shape index (κ1) is 16.2. The van der Waals surface area contributed by atoms with Gasteiger partial charge in [-0.25, -0.2) is 4.98 Å². The van der Waals surface area contributed by atoms with Crippen molar-refractivity contribution in [3.8, 4) is 0 Å². The van der Waals surface area contributed by atoms with Gasteiger partial charge >= 0.3 is 0 Å². The van der Waals surface area contributed by atoms with Crippen molar-refractivity contribution in [1.82, 2.24) is 10.3 Å². The molecule has 4 nitrogen and oxygen atoms in total. The summed E-state index contributed by atoms with van der Waals surface area (Å²) in [6.45, 7) is 10.4. The highest BCUT2D eigenvalue weighted by Crippen LogP contribution is 2.23. The zero-order valence-corrected chi connectivity index (χ0v) is 13.9. The third-order valence-corrected chi connectivity index (χ3v) is 4.13. The zero-order valence-electron chi connectivity index (χ0n) is 13.9. The number of hydrogen-bond acceptors (Lipinski definition) is 4. The smallest absolute Gasteiger partial charge is 0.128 e. The molecular formula is C17H29N3O. The van der Waals surface area contributed by atoms with E-state index in [4.69, 9.17) is 9.72 Å². The fourth-order valence-corrected chi connectivity index (χ4v) is 2.90. The summed E-state index contributed by atoms with van der Waals surface area (Å²) in [6, 6.07) is 4.88. The van der Waals surface area contributed by atoms with Gasteiger partial charge in [-0.1, -0.05) is 19.9 Å². The van der Waals surface area contributed by atoms with Crippen LogP contribution in [0.2, 0.25) is 0 Å². The summed E-state index contributed by atoms with van der Waals surface area (Å²) in [7, 11) is 1.79. The number of methoxy groups -OCH3 is 1. The van der Waals surface area contributed by atoms with E-state index in [1.54, 1.807) is 7.11 Å². The molecule has 1 aromatic rings. The van der Waals surface area contributed by atoms with Crippen molar-refractivity contribution in [2.45, 2.75) is 46.2 Å². The molecule has 1 N–H and O–H groups in total. The molecule has 1 aliphatic rings. The number of piperidine rings is 1. The molecule has 1 saturated heterocycles. The zero-order chi connectivity index (χ0) is 15.2. The Balaban J connectivity index is 2.01. The number of nitrogens with one attached hydrogen (secondary N) is 1. The lowest BCUT2D eigenvalue weighted by Gasteiger charge is -2.33. The second kappa shape index (κ2) is 7.76. The number of aryl methyl sites for hydroxylation is 1. The largest absolute Gasteiger partial charge is 0.384 e. The second-order valence-electron chi connectivity index (χ2n) is 6.36. The van der Waals surface area contributed by atoms with Crippen molar-refractivity contribution in [3.05, 3.63) is 23.4 Å². The van der Waals surface area contributed by atoms with E-state index in [0.717, 1.165) is 37.8 Å². The third kappa shape index (κ3) is 4.68. The molecule has 0 spiro atoms. The first-order chi connectivity index (χ1) is 10.1. The topological polar surface area (TPSA) is 37.4 Å². The molecule has 0 bridgehead atoms. The van der Waals surface area contributed by atoms with Gasteiger partial charge in [0.2, 0.25) is 0 Å². The van der Waals surface area contributed by atoms with Crippen LogP contribution in [0, 0.1) is 12.8 Å². The van der Waals surface area contributed by atoms with E-state index in [2.05, 4.69) is 43.1 Å². The van der Waals surface area contributed by atoms with Crippen molar-refractivity contribution in [2.75, 3.05) is 31.7 Å². The van der Waals surface area contributed by atoms with Gasteiger partial charge in [-0.15, -0.1) is 0 Å². The Morgan fingerprint density at radius 2 is 2.24 bits per heavy atom. The summed E-state index contributed by atoms with van der Waals surface area (Å²) in [4.78, 5) is 7.22. The molecule has 2 heterocycles. The Morgan fingerprint density at radius 3 is 2.90 bits per heavy atom. The molecule has 21 heavy (non-hydrogen) atoms. The van der Waals surface area contributed by atoms with Crippen LogP contribution in [-0.4, -0.2) is 37.8 Å². The summed E-state index contributed by atoms with van der Waals surface area (Å²) in [5.41, 5.74) is 2.42. The van der Waals surface area contributed by atoms with Gasteiger partial charge in [0.15, 0.2) is 0 Å². The minimum absolute atomic E-state index is 0.501. The van der Waals surface area contributed by atoms with E-state index >= 15 is 0 Å². The first-order valence-corrected chi connectivity index (χ1v) is 8.04. The normalized spacial score (nSPS) is 19.3. The lowest BCUT2D eigenvalue weighted by atomic mass is 9.99. The van der Waals surface area contributed by atoms with E-state index < -0.39 is 0 Å². The number of rotatable bonds is 6. The molecule has 4 heteroatoms. The molecule has 1 unspecified atom stereocenters. The highest BCUT2D eigenvalue weighted by molar-refractivity contribution is 5.42. The summed E-state index contributed by atoms with van der Waals surface area (Å²) in [5.74, 6) is 1.75. The van der Waals surface area contributed by atoms with Gasteiger partial charge in [0.1, 0.15) is 5.82 Å². The van der Waals surface area contributed by atoms with Crippen LogP contribution < -0.4 is 10.2 Å². The average Bonchev–Trinajstić information content (AvgIpc) is 2.46. The van der Waals surface area contributed by atoms with Crippen LogP contribution in [0.5, 0.6) is 0 Å². The maximum Gasteiger partial charge on any atom is 0.128 e. The lowest BCUT2D eigenvalue weighted by molar-refractivity contribution is 0.143. The molecule has 1 fully saturated rings. The van der Waals surface area contributed by atoms with E-state index in [0.29, 0.717) is 12.0 Å². The van der Waals surface area contributed by atoms with Crippen molar-refractivity contribution in [1.29, 1.82) is 0 Å². The minimum atomic E-state index is 0.501. The highest BCUT2D eigenvalue weighted by Gasteiger charge is 2.21. The van der Waals surface area contributed by atoms with Crippen LogP contribution in [0.4, 0.5) is 5.82 Å². The molecule has 0 aliphatic carbocycles. The van der Waals surface area contributed by atoms with Crippen molar-refractivity contribution in [2.24, 2.45) is 5.92 Å². The predicted molar refractivity (Wildman–Crippen MR) is 87.8 cm³/mol. The maximum absolute atomic E-state index is 5.31. The van der Waals surface area contributed by atoms with Gasteiger partial charge in [-0.3, -0.25) is 0 Å². The van der Waals surface area contributed by atoms with Gasteiger partial charge in [0.05, 0.1) is 6.61 Å². The molecule has 118 valence electrons. The van der Waals surface area contributed by atoms with Crippen LogP contribution in [0.25, 0.3) is 0 Å². The third-order valence-electron chi connectivity index (χ3n) is 4.13.